The van der Waals surface area contributed by atoms with Crippen LogP contribution in [0.2, 0.25) is 0 Å². The van der Waals surface area contributed by atoms with Crippen molar-refractivity contribution >= 4 is 43.1 Å². The van der Waals surface area contributed by atoms with E-state index in [4.69, 9.17) is 10.2 Å². The van der Waals surface area contributed by atoms with Gasteiger partial charge in [0.2, 0.25) is 6.17 Å². The van der Waals surface area contributed by atoms with Gasteiger partial charge >= 0.3 is 12.1 Å². The van der Waals surface area contributed by atoms with Gasteiger partial charge in [-0.3, -0.25) is 9.89 Å². The van der Waals surface area contributed by atoms with Crippen molar-refractivity contribution in [2.75, 3.05) is 0 Å². The number of hydrogen-bond acceptors (Lipinski definition) is 3. The van der Waals surface area contributed by atoms with Crippen LogP contribution in [0.25, 0.3) is 0 Å². The topological polar surface area (TPSA) is 90.2 Å². The summed E-state index contributed by atoms with van der Waals surface area (Å²) in [5, 5.41) is 17.0. The molecule has 1 amide bonds. The van der Waals surface area contributed by atoms with Crippen LogP contribution in [-0.2, 0) is 4.79 Å². The van der Waals surface area contributed by atoms with Crippen molar-refractivity contribution in [3.63, 3.8) is 0 Å². The summed E-state index contributed by atoms with van der Waals surface area (Å²) < 4.78 is 0. The van der Waals surface area contributed by atoms with Crippen molar-refractivity contribution in [1.82, 2.24) is 4.90 Å². The molecule has 0 aliphatic carbocycles. The minimum Gasteiger partial charge on any atom is -0.478 e. The normalized spacial score (nSPS) is 18.0. The van der Waals surface area contributed by atoms with Gasteiger partial charge < -0.3 is 10.2 Å². The number of carboxylic acids is 1. The second-order valence-corrected chi connectivity index (χ2v) is 2.04. The molecule has 0 saturated heterocycles. The predicted octanol–water partition coefficient (Wildman–Crippen LogP) is 0.819. The summed E-state index contributed by atoms with van der Waals surface area (Å²) in [5.41, 5.74) is 0. The standard InChI is InChI=1S/C6H6N2O4.2ClH/c9-5(10)4-7-2-1-3-8(4)6(11)12;;/h1-4H,(H,9,10)(H,11,12);2*1H. The van der Waals surface area contributed by atoms with Crippen molar-refractivity contribution in [3.05, 3.63) is 12.3 Å². The Bertz CT molecular complexity index is 251. The van der Waals surface area contributed by atoms with Crippen LogP contribution in [0, 0.1) is 0 Å². The molecule has 0 bridgehead atoms. The van der Waals surface area contributed by atoms with Gasteiger partial charge in [-0.25, -0.2) is 9.59 Å². The van der Waals surface area contributed by atoms with E-state index in [1.165, 1.54) is 12.3 Å². The van der Waals surface area contributed by atoms with E-state index in [0.717, 1.165) is 6.20 Å². The van der Waals surface area contributed by atoms with E-state index < -0.39 is 18.2 Å². The number of carboxylic acid groups (broad SMARTS) is 2. The summed E-state index contributed by atoms with van der Waals surface area (Å²) in [6.07, 6.45) is 1.06. The first-order chi connectivity index (χ1) is 5.63. The quantitative estimate of drug-likeness (QED) is 0.713. The number of aliphatic carboxylic acids is 1. The lowest BCUT2D eigenvalue weighted by molar-refractivity contribution is -0.141. The number of allylic oxidation sites excluding steroid dienone is 1. The second-order valence-electron chi connectivity index (χ2n) is 2.04. The van der Waals surface area contributed by atoms with Crippen LogP contribution in [-0.4, -0.2) is 39.6 Å². The number of nitrogens with zero attached hydrogens (tertiary/aromatic N) is 2. The molecule has 1 rings (SSSR count). The van der Waals surface area contributed by atoms with Gasteiger partial charge in [0.1, 0.15) is 0 Å². The molecular weight excluding hydrogens is 235 g/mol. The molecule has 6 nitrogen and oxygen atoms in total. The maximum Gasteiger partial charge on any atom is 0.413 e. The summed E-state index contributed by atoms with van der Waals surface area (Å²) in [5.74, 6) is -1.29. The van der Waals surface area contributed by atoms with E-state index in [1.807, 2.05) is 0 Å². The first kappa shape index (κ1) is 15.2. The predicted molar refractivity (Wildman–Crippen MR) is 53.4 cm³/mol. The number of carbonyl (C=O) groups is 2. The molecule has 1 unspecified atom stereocenters. The van der Waals surface area contributed by atoms with Crippen LogP contribution >= 0.6 is 24.8 Å². The fraction of sp³-hybridized carbons (Fsp3) is 0.167. The van der Waals surface area contributed by atoms with Crippen molar-refractivity contribution in [2.24, 2.45) is 4.99 Å². The lowest BCUT2D eigenvalue weighted by Crippen LogP contribution is -2.40. The number of rotatable bonds is 1. The van der Waals surface area contributed by atoms with Crippen LogP contribution in [0.3, 0.4) is 0 Å². The molecule has 0 aromatic carbocycles. The van der Waals surface area contributed by atoms with Crippen molar-refractivity contribution in [1.29, 1.82) is 0 Å². The maximum atomic E-state index is 10.4. The second kappa shape index (κ2) is 6.22. The van der Waals surface area contributed by atoms with E-state index in [1.54, 1.807) is 0 Å². The van der Waals surface area contributed by atoms with E-state index in [-0.39, 0.29) is 24.8 Å². The largest absolute Gasteiger partial charge is 0.478 e. The molecule has 1 heterocycles. The third kappa shape index (κ3) is 3.23. The van der Waals surface area contributed by atoms with Gasteiger partial charge in [0.15, 0.2) is 0 Å². The third-order valence-corrected chi connectivity index (χ3v) is 1.27. The minimum atomic E-state index is -1.35. The summed E-state index contributed by atoms with van der Waals surface area (Å²) in [6.45, 7) is 0. The Morgan fingerprint density at radius 1 is 1.29 bits per heavy atom. The van der Waals surface area contributed by atoms with Crippen LogP contribution < -0.4 is 0 Å². The maximum absolute atomic E-state index is 10.4. The molecule has 2 N–H and O–H groups in total. The van der Waals surface area contributed by atoms with Gasteiger partial charge in [-0.1, -0.05) is 0 Å². The monoisotopic (exact) mass is 242 g/mol. The highest BCUT2D eigenvalue weighted by Gasteiger charge is 2.27. The van der Waals surface area contributed by atoms with Crippen LogP contribution in [0.5, 0.6) is 0 Å². The molecule has 1 atom stereocenters. The molecule has 0 aromatic heterocycles. The molecule has 80 valence electrons. The number of hydrogen-bond donors (Lipinski definition) is 2. The van der Waals surface area contributed by atoms with E-state index in [9.17, 15) is 9.59 Å². The lowest BCUT2D eigenvalue weighted by atomic mass is 10.4. The van der Waals surface area contributed by atoms with Crippen molar-refractivity contribution in [2.45, 2.75) is 6.17 Å². The summed E-state index contributed by atoms with van der Waals surface area (Å²) in [4.78, 5) is 24.9. The summed E-state index contributed by atoms with van der Waals surface area (Å²) in [7, 11) is 0. The van der Waals surface area contributed by atoms with Crippen LogP contribution in [0.1, 0.15) is 0 Å². The fourth-order valence-corrected chi connectivity index (χ4v) is 0.767. The molecule has 0 spiro atoms. The number of halogens is 2. The number of aliphatic imine (C=N–C) groups is 1. The Morgan fingerprint density at radius 2 is 1.86 bits per heavy atom. The van der Waals surface area contributed by atoms with Gasteiger partial charge in [0.05, 0.1) is 0 Å². The molecule has 1 aliphatic rings. The SMILES string of the molecule is Cl.Cl.O=C(O)C1N=CC=CN1C(=O)O. The minimum absolute atomic E-state index is 0. The molecule has 1 aliphatic heterocycles. The Labute approximate surface area is 91.7 Å². The molecular formula is C6H8Cl2N2O4. The van der Waals surface area contributed by atoms with Crippen molar-refractivity contribution < 1.29 is 19.8 Å². The molecule has 14 heavy (non-hydrogen) atoms. The first-order valence-corrected chi connectivity index (χ1v) is 3.07. The Kier molecular flexibility index (Phi) is 6.76. The van der Waals surface area contributed by atoms with Crippen LogP contribution in [0.4, 0.5) is 4.79 Å². The van der Waals surface area contributed by atoms with E-state index >= 15 is 0 Å². The molecule has 0 fully saturated rings. The average Bonchev–Trinajstić information content (AvgIpc) is 2.04. The fourth-order valence-electron chi connectivity index (χ4n) is 0.767. The Hall–Kier alpha value is -1.27. The summed E-state index contributed by atoms with van der Waals surface area (Å²) >= 11 is 0. The van der Waals surface area contributed by atoms with E-state index in [2.05, 4.69) is 4.99 Å². The summed E-state index contributed by atoms with van der Waals surface area (Å²) in [6, 6.07) is 0. The molecule has 0 saturated carbocycles. The first-order valence-electron chi connectivity index (χ1n) is 3.07. The zero-order valence-electron chi connectivity index (χ0n) is 6.73. The lowest BCUT2D eigenvalue weighted by Gasteiger charge is -2.20. The van der Waals surface area contributed by atoms with Gasteiger partial charge in [-0.15, -0.1) is 24.8 Å². The molecule has 0 aromatic rings. The zero-order chi connectivity index (χ0) is 9.14. The highest BCUT2D eigenvalue weighted by atomic mass is 35.5. The molecule has 8 heteroatoms. The van der Waals surface area contributed by atoms with Crippen molar-refractivity contribution in [3.8, 4) is 0 Å². The zero-order valence-corrected chi connectivity index (χ0v) is 8.36. The Morgan fingerprint density at radius 3 is 2.21 bits per heavy atom. The van der Waals surface area contributed by atoms with Gasteiger partial charge in [-0.2, -0.15) is 0 Å². The van der Waals surface area contributed by atoms with Crippen LogP contribution in [0.15, 0.2) is 17.3 Å². The highest BCUT2D eigenvalue weighted by Crippen LogP contribution is 2.06. The van der Waals surface area contributed by atoms with Gasteiger partial charge in [0, 0.05) is 12.4 Å². The highest BCUT2D eigenvalue weighted by molar-refractivity contribution is 5.86. The molecule has 0 radical (unpaired) electrons. The Balaban J connectivity index is 0. The van der Waals surface area contributed by atoms with E-state index in [0.29, 0.717) is 4.90 Å². The van der Waals surface area contributed by atoms with Gasteiger partial charge in [-0.05, 0) is 6.08 Å². The third-order valence-electron chi connectivity index (χ3n) is 1.27. The average molecular weight is 243 g/mol. The number of amides is 1. The van der Waals surface area contributed by atoms with Gasteiger partial charge in [0.25, 0.3) is 0 Å². The smallest absolute Gasteiger partial charge is 0.413 e.